The average molecular weight is 448 g/mol. The predicted molar refractivity (Wildman–Crippen MR) is 129 cm³/mol. The van der Waals surface area contributed by atoms with Gasteiger partial charge in [-0.1, -0.05) is 42.8 Å². The summed E-state index contributed by atoms with van der Waals surface area (Å²) in [4.78, 5) is 9.83. The molecule has 0 saturated heterocycles. The van der Waals surface area contributed by atoms with Crippen LogP contribution in [0.2, 0.25) is 0 Å². The molecule has 2 aliphatic carbocycles. The van der Waals surface area contributed by atoms with Crippen LogP contribution in [0, 0.1) is 17.7 Å². The van der Waals surface area contributed by atoms with Crippen LogP contribution >= 0.6 is 0 Å². The van der Waals surface area contributed by atoms with Crippen molar-refractivity contribution >= 4 is 6.02 Å². The van der Waals surface area contributed by atoms with Gasteiger partial charge in [0, 0.05) is 18.5 Å². The fraction of sp³-hybridized carbons (Fsp3) is 0.536. The zero-order valence-electron chi connectivity index (χ0n) is 19.7. The van der Waals surface area contributed by atoms with E-state index in [0.717, 1.165) is 43.4 Å². The molecule has 0 N–H and O–H groups in total. The molecular weight excluding hydrogens is 413 g/mol. The summed E-state index contributed by atoms with van der Waals surface area (Å²) in [7, 11) is 4.44. The third kappa shape index (κ3) is 3.47. The number of benzene rings is 2. The van der Waals surface area contributed by atoms with Crippen molar-refractivity contribution in [2.45, 2.75) is 56.2 Å². The van der Waals surface area contributed by atoms with Crippen molar-refractivity contribution in [2.75, 3.05) is 27.2 Å². The zero-order chi connectivity index (χ0) is 22.6. The Morgan fingerprint density at radius 3 is 2.58 bits per heavy atom. The molecule has 174 valence electrons. The van der Waals surface area contributed by atoms with Crippen LogP contribution in [0.4, 0.5) is 4.39 Å². The first-order chi connectivity index (χ1) is 16.1. The second kappa shape index (κ2) is 8.12. The predicted octanol–water partition coefficient (Wildman–Crippen LogP) is 5.04. The SMILES string of the molecule is CN(C)[C@@H]1CC[C@@]2(CN=C(N3CCc4ccccc4[C@@H]3c3ccc(F)cc3)O2)C1C1CCC1. The first kappa shape index (κ1) is 21.2. The maximum Gasteiger partial charge on any atom is 0.288 e. The van der Waals surface area contributed by atoms with Crippen molar-refractivity contribution in [2.24, 2.45) is 16.8 Å². The van der Waals surface area contributed by atoms with E-state index in [9.17, 15) is 4.39 Å². The van der Waals surface area contributed by atoms with Gasteiger partial charge in [0.25, 0.3) is 6.02 Å². The van der Waals surface area contributed by atoms with Gasteiger partial charge >= 0.3 is 0 Å². The van der Waals surface area contributed by atoms with Crippen molar-refractivity contribution < 1.29 is 9.13 Å². The quantitative estimate of drug-likeness (QED) is 0.660. The third-order valence-electron chi connectivity index (χ3n) is 8.70. The van der Waals surface area contributed by atoms with Crippen LogP contribution in [0.3, 0.4) is 0 Å². The van der Waals surface area contributed by atoms with Gasteiger partial charge in [-0.2, -0.15) is 0 Å². The van der Waals surface area contributed by atoms with Gasteiger partial charge in [0.05, 0.1) is 12.6 Å². The highest BCUT2D eigenvalue weighted by atomic mass is 19.1. The summed E-state index contributed by atoms with van der Waals surface area (Å²) in [6.07, 6.45) is 7.22. The molecule has 6 rings (SSSR count). The van der Waals surface area contributed by atoms with Crippen molar-refractivity contribution in [1.82, 2.24) is 9.80 Å². The van der Waals surface area contributed by atoms with Crippen molar-refractivity contribution in [3.8, 4) is 0 Å². The summed E-state index contributed by atoms with van der Waals surface area (Å²) < 4.78 is 20.7. The van der Waals surface area contributed by atoms with Crippen LogP contribution in [0.25, 0.3) is 0 Å². The smallest absolute Gasteiger partial charge is 0.288 e. The van der Waals surface area contributed by atoms with E-state index in [1.165, 1.54) is 36.8 Å². The summed E-state index contributed by atoms with van der Waals surface area (Å²) in [5, 5.41) is 0. The molecule has 33 heavy (non-hydrogen) atoms. The van der Waals surface area contributed by atoms with Gasteiger partial charge in [-0.25, -0.2) is 9.38 Å². The third-order valence-corrected chi connectivity index (χ3v) is 8.70. The molecule has 2 fully saturated rings. The summed E-state index contributed by atoms with van der Waals surface area (Å²) in [5.41, 5.74) is 3.55. The summed E-state index contributed by atoms with van der Waals surface area (Å²) in [6, 6.07) is 16.9. The van der Waals surface area contributed by atoms with Crippen LogP contribution in [-0.4, -0.2) is 54.6 Å². The number of rotatable bonds is 3. The molecule has 2 aromatic carbocycles. The summed E-state index contributed by atoms with van der Waals surface area (Å²) >= 11 is 0. The molecular formula is C28H34FN3O. The number of halogens is 1. The number of aliphatic imine (C=N–C) groups is 1. The molecule has 4 aliphatic rings. The van der Waals surface area contributed by atoms with Gasteiger partial charge in [0.2, 0.25) is 0 Å². The molecule has 0 amide bonds. The Morgan fingerprint density at radius 2 is 1.85 bits per heavy atom. The molecule has 0 aromatic heterocycles. The maximum absolute atomic E-state index is 13.7. The van der Waals surface area contributed by atoms with E-state index >= 15 is 0 Å². The Bertz CT molecular complexity index is 1050. The number of amidine groups is 1. The van der Waals surface area contributed by atoms with Crippen molar-refractivity contribution in [3.63, 3.8) is 0 Å². The van der Waals surface area contributed by atoms with Gasteiger partial charge in [-0.15, -0.1) is 0 Å². The Balaban J connectivity index is 1.33. The second-order valence-corrected chi connectivity index (χ2v) is 10.6. The number of ether oxygens (including phenoxy) is 1. The minimum absolute atomic E-state index is 0.00217. The lowest BCUT2D eigenvalue weighted by molar-refractivity contribution is -0.0326. The Hall–Kier alpha value is -2.40. The highest BCUT2D eigenvalue weighted by Crippen LogP contribution is 2.52. The summed E-state index contributed by atoms with van der Waals surface area (Å²) in [5.74, 6) is 1.10. The van der Waals surface area contributed by atoms with Crippen LogP contribution in [-0.2, 0) is 11.2 Å². The molecule has 0 radical (unpaired) electrons. The lowest BCUT2D eigenvalue weighted by Gasteiger charge is -2.45. The highest BCUT2D eigenvalue weighted by Gasteiger charge is 2.58. The average Bonchev–Trinajstić information content (AvgIpc) is 3.37. The van der Waals surface area contributed by atoms with E-state index in [1.807, 2.05) is 12.1 Å². The minimum atomic E-state index is -0.202. The van der Waals surface area contributed by atoms with E-state index in [4.69, 9.17) is 9.73 Å². The molecule has 4 nitrogen and oxygen atoms in total. The number of hydrogen-bond acceptors (Lipinski definition) is 4. The number of fused-ring (bicyclic) bond motifs is 1. The summed E-state index contributed by atoms with van der Waals surface area (Å²) in [6.45, 7) is 1.63. The lowest BCUT2D eigenvalue weighted by Crippen LogP contribution is -2.51. The standard InChI is InChI=1S/C28H34FN3O/c1-31(2)24-14-16-28(25(24)20-7-5-8-20)18-30-27(33-28)32-17-15-19-6-3-4-9-23(19)26(32)21-10-12-22(29)13-11-21/h3-4,6,9-13,20,24-26H,5,7-8,14-18H2,1-2H3/t24-,25?,26+,28-/m1/s1. The number of nitrogens with zero attached hydrogens (tertiary/aromatic N) is 3. The molecule has 4 atom stereocenters. The Kier molecular flexibility index (Phi) is 5.21. The molecule has 2 saturated carbocycles. The minimum Gasteiger partial charge on any atom is -0.456 e. The maximum atomic E-state index is 13.7. The Labute approximate surface area is 196 Å². The Morgan fingerprint density at radius 1 is 1.06 bits per heavy atom. The number of hydrogen-bond donors (Lipinski definition) is 0. The van der Waals surface area contributed by atoms with Crippen LogP contribution in [0.5, 0.6) is 0 Å². The van der Waals surface area contributed by atoms with Gasteiger partial charge < -0.3 is 14.5 Å². The van der Waals surface area contributed by atoms with Crippen LogP contribution in [0.15, 0.2) is 53.5 Å². The normalized spacial score (nSPS) is 31.5. The van der Waals surface area contributed by atoms with E-state index in [0.29, 0.717) is 12.0 Å². The fourth-order valence-corrected chi connectivity index (χ4v) is 6.89. The molecule has 0 bridgehead atoms. The van der Waals surface area contributed by atoms with Gasteiger partial charge in [-0.05, 0) is 80.9 Å². The fourth-order valence-electron chi connectivity index (χ4n) is 6.89. The monoisotopic (exact) mass is 447 g/mol. The van der Waals surface area contributed by atoms with Gasteiger partial charge in [0.15, 0.2) is 0 Å². The molecule has 1 unspecified atom stereocenters. The largest absolute Gasteiger partial charge is 0.456 e. The van der Waals surface area contributed by atoms with Gasteiger partial charge in [-0.3, -0.25) is 0 Å². The van der Waals surface area contributed by atoms with Crippen molar-refractivity contribution in [3.05, 3.63) is 71.0 Å². The van der Waals surface area contributed by atoms with E-state index < -0.39 is 0 Å². The van der Waals surface area contributed by atoms with Crippen molar-refractivity contribution in [1.29, 1.82) is 0 Å². The second-order valence-electron chi connectivity index (χ2n) is 10.6. The van der Waals surface area contributed by atoms with E-state index in [1.54, 1.807) is 12.1 Å². The molecule has 1 spiro atoms. The topological polar surface area (TPSA) is 28.1 Å². The van der Waals surface area contributed by atoms with Crippen LogP contribution in [0.1, 0.15) is 54.8 Å². The lowest BCUT2D eigenvalue weighted by atomic mass is 9.68. The molecule has 2 aromatic rings. The molecule has 5 heteroatoms. The van der Waals surface area contributed by atoms with E-state index in [2.05, 4.69) is 48.2 Å². The van der Waals surface area contributed by atoms with Gasteiger partial charge in [0.1, 0.15) is 11.4 Å². The molecule has 2 heterocycles. The first-order valence-electron chi connectivity index (χ1n) is 12.6. The zero-order valence-corrected chi connectivity index (χ0v) is 19.7. The van der Waals surface area contributed by atoms with E-state index in [-0.39, 0.29) is 17.5 Å². The molecule has 2 aliphatic heterocycles. The highest BCUT2D eigenvalue weighted by molar-refractivity contribution is 5.78. The first-order valence-corrected chi connectivity index (χ1v) is 12.6. The van der Waals surface area contributed by atoms with Crippen LogP contribution < -0.4 is 0 Å².